The lowest BCUT2D eigenvalue weighted by Gasteiger charge is -2.16. The van der Waals surface area contributed by atoms with E-state index in [0.717, 1.165) is 33.1 Å². The van der Waals surface area contributed by atoms with Crippen LogP contribution in [0.25, 0.3) is 22.2 Å². The second kappa shape index (κ2) is 7.11. The molecule has 0 radical (unpaired) electrons. The number of amides is 1. The third-order valence-electron chi connectivity index (χ3n) is 5.40. The van der Waals surface area contributed by atoms with E-state index in [2.05, 4.69) is 31.3 Å². The highest BCUT2D eigenvalue weighted by atomic mass is 79.9. The Balaban J connectivity index is 1.37. The van der Waals surface area contributed by atoms with Crippen molar-refractivity contribution in [1.82, 2.24) is 29.7 Å². The Morgan fingerprint density at radius 3 is 2.83 bits per heavy atom. The van der Waals surface area contributed by atoms with Gasteiger partial charge in [0.15, 0.2) is 0 Å². The molecule has 5 rings (SSSR count). The van der Waals surface area contributed by atoms with Gasteiger partial charge in [-0.25, -0.2) is 4.68 Å². The van der Waals surface area contributed by atoms with Crippen LogP contribution in [-0.2, 0) is 7.05 Å². The van der Waals surface area contributed by atoms with Crippen molar-refractivity contribution in [2.45, 2.75) is 12.5 Å². The van der Waals surface area contributed by atoms with Crippen LogP contribution in [0.15, 0.2) is 59.2 Å². The summed E-state index contributed by atoms with van der Waals surface area (Å²) in [5.41, 5.74) is 3.32. The first-order valence-electron chi connectivity index (χ1n) is 9.49. The van der Waals surface area contributed by atoms with Gasteiger partial charge in [0.1, 0.15) is 11.4 Å². The average Bonchev–Trinajstić information content (AvgIpc) is 3.45. The summed E-state index contributed by atoms with van der Waals surface area (Å²) in [6.07, 6.45) is 2.82. The number of carbonyl (C=O) groups is 1. The molecule has 4 aromatic rings. The maximum Gasteiger partial charge on any atom is 0.272 e. The quantitative estimate of drug-likeness (QED) is 0.477. The Bertz CT molecular complexity index is 1200. The summed E-state index contributed by atoms with van der Waals surface area (Å²) in [5, 5.41) is 14.0. The summed E-state index contributed by atoms with van der Waals surface area (Å²) in [6.45, 7) is 1.30. The van der Waals surface area contributed by atoms with Gasteiger partial charge in [0, 0.05) is 35.6 Å². The van der Waals surface area contributed by atoms with Crippen molar-refractivity contribution in [2.75, 3.05) is 13.1 Å². The van der Waals surface area contributed by atoms with E-state index in [0.29, 0.717) is 18.8 Å². The first-order valence-corrected chi connectivity index (χ1v) is 10.3. The SMILES string of the molecule is Cn1nc2cc(Br)ccc2c1C(=O)N1CCC(n2cc(-c3ccccc3)nn2)C1. The Hall–Kier alpha value is -3.00. The highest BCUT2D eigenvalue weighted by Crippen LogP contribution is 2.27. The van der Waals surface area contributed by atoms with E-state index in [4.69, 9.17) is 0 Å². The highest BCUT2D eigenvalue weighted by molar-refractivity contribution is 9.10. The Kier molecular flexibility index (Phi) is 4.43. The largest absolute Gasteiger partial charge is 0.335 e. The van der Waals surface area contributed by atoms with E-state index < -0.39 is 0 Å². The fraction of sp³-hybridized carbons (Fsp3) is 0.238. The number of carbonyl (C=O) groups excluding carboxylic acids is 1. The molecule has 1 amide bonds. The van der Waals surface area contributed by atoms with Crippen LogP contribution >= 0.6 is 15.9 Å². The predicted molar refractivity (Wildman–Crippen MR) is 113 cm³/mol. The van der Waals surface area contributed by atoms with Gasteiger partial charge in [-0.3, -0.25) is 9.48 Å². The molecule has 1 fully saturated rings. The molecule has 8 heteroatoms. The summed E-state index contributed by atoms with van der Waals surface area (Å²) >= 11 is 3.46. The minimum Gasteiger partial charge on any atom is -0.335 e. The van der Waals surface area contributed by atoms with Crippen LogP contribution in [0.3, 0.4) is 0 Å². The highest BCUT2D eigenvalue weighted by Gasteiger charge is 2.31. The Morgan fingerprint density at radius 1 is 1.17 bits per heavy atom. The number of nitrogens with zero attached hydrogens (tertiary/aromatic N) is 6. The number of aryl methyl sites for hydroxylation is 1. The molecule has 29 heavy (non-hydrogen) atoms. The maximum atomic E-state index is 13.2. The first-order chi connectivity index (χ1) is 14.1. The average molecular weight is 451 g/mol. The zero-order valence-electron chi connectivity index (χ0n) is 15.9. The van der Waals surface area contributed by atoms with Crippen molar-refractivity contribution in [1.29, 1.82) is 0 Å². The molecule has 1 atom stereocenters. The lowest BCUT2D eigenvalue weighted by molar-refractivity contribution is 0.0778. The molecule has 3 heterocycles. The number of benzene rings is 2. The van der Waals surface area contributed by atoms with Crippen molar-refractivity contribution in [3.63, 3.8) is 0 Å². The molecule has 1 unspecified atom stereocenters. The van der Waals surface area contributed by atoms with Crippen LogP contribution in [0.4, 0.5) is 0 Å². The van der Waals surface area contributed by atoms with E-state index in [1.54, 1.807) is 4.68 Å². The van der Waals surface area contributed by atoms with Gasteiger partial charge in [0.25, 0.3) is 5.91 Å². The molecule has 0 aliphatic carbocycles. The number of fused-ring (bicyclic) bond motifs is 1. The number of likely N-dealkylation sites (tertiary alicyclic amines) is 1. The van der Waals surface area contributed by atoms with Gasteiger partial charge in [-0.2, -0.15) is 5.10 Å². The first kappa shape index (κ1) is 18.1. The lowest BCUT2D eigenvalue weighted by atomic mass is 10.2. The fourth-order valence-electron chi connectivity index (χ4n) is 3.92. The van der Waals surface area contributed by atoms with E-state index in [1.165, 1.54) is 0 Å². The molecule has 2 aromatic carbocycles. The summed E-state index contributed by atoms with van der Waals surface area (Å²) in [5.74, 6) is 0.00298. The number of aromatic nitrogens is 5. The molecule has 1 aliphatic heterocycles. The van der Waals surface area contributed by atoms with Crippen LogP contribution in [0.5, 0.6) is 0 Å². The topological polar surface area (TPSA) is 68.8 Å². The smallest absolute Gasteiger partial charge is 0.272 e. The normalized spacial score (nSPS) is 16.6. The monoisotopic (exact) mass is 450 g/mol. The lowest BCUT2D eigenvalue weighted by Crippen LogP contribution is -2.31. The van der Waals surface area contributed by atoms with Gasteiger partial charge >= 0.3 is 0 Å². The van der Waals surface area contributed by atoms with Gasteiger partial charge < -0.3 is 4.90 Å². The summed E-state index contributed by atoms with van der Waals surface area (Å²) in [7, 11) is 1.82. The van der Waals surface area contributed by atoms with E-state index in [9.17, 15) is 4.79 Å². The van der Waals surface area contributed by atoms with Crippen LogP contribution < -0.4 is 0 Å². The van der Waals surface area contributed by atoms with Crippen molar-refractivity contribution < 1.29 is 4.79 Å². The van der Waals surface area contributed by atoms with Gasteiger partial charge in [0.05, 0.1) is 17.8 Å². The van der Waals surface area contributed by atoms with Crippen molar-refractivity contribution in [3.05, 3.63) is 64.9 Å². The second-order valence-electron chi connectivity index (χ2n) is 7.28. The Labute approximate surface area is 176 Å². The van der Waals surface area contributed by atoms with Gasteiger partial charge in [-0.05, 0) is 24.6 Å². The van der Waals surface area contributed by atoms with Gasteiger partial charge in [0.2, 0.25) is 0 Å². The Morgan fingerprint density at radius 2 is 2.00 bits per heavy atom. The number of hydrogen-bond acceptors (Lipinski definition) is 4. The zero-order valence-corrected chi connectivity index (χ0v) is 17.5. The molecular weight excluding hydrogens is 432 g/mol. The van der Waals surface area contributed by atoms with E-state index >= 15 is 0 Å². The number of rotatable bonds is 3. The van der Waals surface area contributed by atoms with Crippen molar-refractivity contribution in [3.8, 4) is 11.3 Å². The minimum absolute atomic E-state index is 0.00298. The van der Waals surface area contributed by atoms with E-state index in [-0.39, 0.29) is 11.9 Å². The standard InChI is InChI=1S/C21H19BrN6O/c1-26-20(17-8-7-15(22)11-18(17)24-26)21(29)27-10-9-16(12-27)28-13-19(23-25-28)14-5-3-2-4-6-14/h2-8,11,13,16H,9-10,12H2,1H3. The van der Waals surface area contributed by atoms with Crippen LogP contribution in [-0.4, -0.2) is 48.7 Å². The molecule has 1 aliphatic rings. The number of hydrogen-bond donors (Lipinski definition) is 0. The molecule has 146 valence electrons. The van der Waals surface area contributed by atoms with Crippen LogP contribution in [0.2, 0.25) is 0 Å². The third-order valence-corrected chi connectivity index (χ3v) is 5.90. The third kappa shape index (κ3) is 3.23. The fourth-order valence-corrected chi connectivity index (χ4v) is 4.26. The molecule has 0 bridgehead atoms. The predicted octanol–water partition coefficient (Wildman–Crippen LogP) is 3.68. The molecule has 2 aromatic heterocycles. The van der Waals surface area contributed by atoms with Crippen LogP contribution in [0.1, 0.15) is 23.0 Å². The van der Waals surface area contributed by atoms with Crippen molar-refractivity contribution >= 4 is 32.7 Å². The van der Waals surface area contributed by atoms with Gasteiger partial charge in [-0.1, -0.05) is 51.5 Å². The molecular formula is C21H19BrN6O. The summed E-state index contributed by atoms with van der Waals surface area (Å²) in [6, 6.07) is 15.9. The van der Waals surface area contributed by atoms with Gasteiger partial charge in [-0.15, -0.1) is 5.10 Å². The second-order valence-corrected chi connectivity index (χ2v) is 8.19. The summed E-state index contributed by atoms with van der Waals surface area (Å²) < 4.78 is 4.51. The molecule has 7 nitrogen and oxygen atoms in total. The minimum atomic E-state index is 0.00298. The maximum absolute atomic E-state index is 13.2. The molecule has 1 saturated heterocycles. The van der Waals surface area contributed by atoms with Crippen LogP contribution in [0, 0.1) is 0 Å². The number of halogens is 1. The molecule has 0 N–H and O–H groups in total. The molecule has 0 saturated carbocycles. The van der Waals surface area contributed by atoms with E-state index in [1.807, 2.05) is 71.4 Å². The zero-order chi connectivity index (χ0) is 20.0. The molecule has 0 spiro atoms. The summed E-state index contributed by atoms with van der Waals surface area (Å²) in [4.78, 5) is 15.1. The van der Waals surface area contributed by atoms with Crippen molar-refractivity contribution in [2.24, 2.45) is 7.05 Å².